The molecule has 138 heavy (non-hydrogen) atoms. The smallest absolute Gasteiger partial charge is 0.333 e. The summed E-state index contributed by atoms with van der Waals surface area (Å²) in [7, 11) is 0.879. The molecular weight excluding hydrogens is 1850 g/mol. The molecule has 0 radical (unpaired) electrons. The highest BCUT2D eigenvalue weighted by Gasteiger charge is 2.54. The molecule has 11 aliphatic heterocycles. The number of esters is 1. The van der Waals surface area contributed by atoms with Crippen LogP contribution in [0.4, 0.5) is 0 Å². The van der Waals surface area contributed by atoms with Gasteiger partial charge in [-0.2, -0.15) is 0 Å². The number of phenols is 3. The predicted molar refractivity (Wildman–Crippen MR) is 460 cm³/mol. The fourth-order valence-electron chi connectivity index (χ4n) is 17.5. The molecule has 0 spiro atoms. The van der Waals surface area contributed by atoms with Gasteiger partial charge in [-0.05, 0) is 133 Å². The van der Waals surface area contributed by atoms with Crippen molar-refractivity contribution in [1.29, 1.82) is 0 Å². The lowest BCUT2D eigenvalue weighted by Gasteiger charge is -2.45. The molecule has 0 saturated carbocycles. The first-order chi connectivity index (χ1) is 65.7. The number of phenolic OH excluding ortho intramolecular Hbond substituents is 3. The maximum atomic E-state index is 17.3. The van der Waals surface area contributed by atoms with Crippen molar-refractivity contribution in [3.63, 3.8) is 0 Å². The number of hydrogen-bond donors (Lipinski definition) is 26. The second kappa shape index (κ2) is 40.7. The fourth-order valence-corrected chi connectivity index (χ4v) is 17.7. The Morgan fingerprint density at radius 1 is 0.457 bits per heavy atom. The highest BCUT2D eigenvalue weighted by Crippen LogP contribution is 2.52. The fraction of sp³-hybridized carbons (Fsp3) is 0.456. The Bertz CT molecular complexity index is 5740. The molecule has 0 aromatic heterocycles. The van der Waals surface area contributed by atoms with Crippen LogP contribution in [0.25, 0.3) is 11.1 Å². The predicted octanol–water partition coefficient (Wildman–Crippen LogP) is -4.15. The van der Waals surface area contributed by atoms with Crippen LogP contribution in [-0.2, 0) is 77.9 Å². The Hall–Kier alpha value is -11.6. The average Bonchev–Trinajstić information content (AvgIpc) is 0.750. The molecule has 13 unspecified atom stereocenters. The second-order valence-corrected chi connectivity index (χ2v) is 34.9. The van der Waals surface area contributed by atoms with E-state index in [2.05, 4.69) is 31.9 Å². The first-order valence-electron chi connectivity index (χ1n) is 43.5. The van der Waals surface area contributed by atoms with Gasteiger partial charge in [0.15, 0.2) is 47.7 Å². The Kier molecular flexibility index (Phi) is 29.3. The minimum Gasteiger partial charge on any atom is -0.508 e. The summed E-state index contributed by atoms with van der Waals surface area (Å²) in [5.41, 5.74) is 9.82. The van der Waals surface area contributed by atoms with Gasteiger partial charge in [-0.15, -0.1) is 0 Å². The molecule has 28 N–H and O–H groups in total. The summed E-state index contributed by atoms with van der Waals surface area (Å²) in [6, 6.07) is 4.66. The van der Waals surface area contributed by atoms with E-state index in [0.717, 1.165) is 79.9 Å². The van der Waals surface area contributed by atoms with E-state index in [4.69, 9.17) is 89.4 Å². The molecule has 5 saturated heterocycles. The van der Waals surface area contributed by atoms with Crippen LogP contribution in [0.2, 0.25) is 5.02 Å². The number of aliphatic hydroxyl groups excluding tert-OH is 15. The molecular formula is C90H101ClN8O39. The summed E-state index contributed by atoms with van der Waals surface area (Å²) in [4.78, 5) is 113. The number of amides is 6. The number of nitrogens with two attached hydrogens (primary N) is 2. The van der Waals surface area contributed by atoms with Crippen LogP contribution in [0.15, 0.2) is 115 Å². The van der Waals surface area contributed by atoms with Crippen molar-refractivity contribution in [2.24, 2.45) is 11.5 Å². The number of methoxy groups -OCH3 is 1. The van der Waals surface area contributed by atoms with E-state index in [1.165, 1.54) is 63.2 Å². The molecule has 0 aliphatic carbocycles. The third kappa shape index (κ3) is 19.8. The summed E-state index contributed by atoms with van der Waals surface area (Å²) in [5, 5.41) is 219. The van der Waals surface area contributed by atoms with E-state index in [1.54, 1.807) is 0 Å². The first-order valence-corrected chi connectivity index (χ1v) is 43.9. The number of aliphatic hydroxyl groups is 15. The first kappa shape index (κ1) is 99.4. The molecule has 17 bridgehead atoms. The number of carbonyl (C=O) groups is 7. The van der Waals surface area contributed by atoms with E-state index in [1.807, 2.05) is 0 Å². The van der Waals surface area contributed by atoms with Crippen molar-refractivity contribution in [3.8, 4) is 80.1 Å². The summed E-state index contributed by atoms with van der Waals surface area (Å²) in [6.07, 6.45) is -47.0. The number of ether oxygens (including phenoxy) is 14. The second-order valence-electron chi connectivity index (χ2n) is 34.5. The van der Waals surface area contributed by atoms with Gasteiger partial charge in [0.2, 0.25) is 60.1 Å². The quantitative estimate of drug-likeness (QED) is 0.0460. The van der Waals surface area contributed by atoms with Crippen molar-refractivity contribution in [1.82, 2.24) is 31.9 Å². The van der Waals surface area contributed by atoms with E-state index in [0.29, 0.717) is 0 Å². The molecule has 5 fully saturated rings. The van der Waals surface area contributed by atoms with Gasteiger partial charge in [-0.25, -0.2) is 4.79 Å². The van der Waals surface area contributed by atoms with E-state index in [-0.39, 0.29) is 34.4 Å². The van der Waals surface area contributed by atoms with Crippen molar-refractivity contribution < 1.29 is 192 Å². The Morgan fingerprint density at radius 3 is 1.62 bits per heavy atom. The number of carbonyl (C=O) groups excluding carboxylic acids is 7. The molecule has 11 aliphatic rings. The highest BCUT2D eigenvalue weighted by atomic mass is 35.5. The molecule has 7 aromatic rings. The molecule has 47 nitrogen and oxygen atoms in total. The topological polar surface area (TPSA) is 737 Å². The standard InChI is InChI=1S/C90H101ClN8O39/c1-29-48-19-36(20-49(29)131-88-75(116)71(112)67(108)54(26-100)133-88)61-83(121)97-62-37-21-52(128-39-10-5-32(6-11-39)15-44(80(118)95-61)94-81(119)59(93)33-7-13-46(105)50(18-33)130-48)78(137-90-79(73(114)69(110)56(28-102)135-90)138-87-74(115)70(111)66(107)31(3)127-87)53(22-37)129-47-14-9-35(17-42(47)91)77(136-57-25-43(92)65(106)30(2)126-57)64-85(123)98-63(86(124)125-4)41-23-38(103)24-51(132-89-76(117)72(113)68(109)55(27-101)134-89)58(41)40-16-34(8-12-45(40)104)60(82(120)99-64)96-84(62)122/h5-14,16-24,30-31,43-44,54-57,59-77,79,87-90,100-117H,15,25-28,92-93H2,1-4H3,(H,94,119)(H,95,118)(H,96,122)(H,97,121)(H,98,123)(H,99,120)/t30-,31-,43-,44?,54-,55-,56-,57?,59?,60?,61?,62?,63?,64?,65-,66-,67-,68-,69-,70+,71+,72+,73+,74+,75+,76+,77?,79-,87?,88?,89?,90?/m1/s1. The zero-order valence-corrected chi connectivity index (χ0v) is 73.9. The Morgan fingerprint density at radius 2 is 0.993 bits per heavy atom. The van der Waals surface area contributed by atoms with Crippen molar-refractivity contribution in [2.75, 3.05) is 26.9 Å². The van der Waals surface area contributed by atoms with Gasteiger partial charge in [0, 0.05) is 47.2 Å². The van der Waals surface area contributed by atoms with Gasteiger partial charge >= 0.3 is 5.97 Å². The van der Waals surface area contributed by atoms with Crippen LogP contribution in [0.5, 0.6) is 69.0 Å². The van der Waals surface area contributed by atoms with Gasteiger partial charge in [0.05, 0.1) is 50.3 Å². The van der Waals surface area contributed by atoms with Crippen LogP contribution >= 0.6 is 11.6 Å². The third-order valence-electron chi connectivity index (χ3n) is 25.3. The lowest BCUT2D eigenvalue weighted by Crippen LogP contribution is -2.64. The monoisotopic (exact) mass is 1950 g/mol. The molecule has 742 valence electrons. The number of nitrogens with one attached hydrogen (secondary N) is 6. The molecule has 6 amide bonds. The number of aromatic hydroxyl groups is 3. The summed E-state index contributed by atoms with van der Waals surface area (Å²) in [5.74, 6) is -16.8. The van der Waals surface area contributed by atoms with Gasteiger partial charge in [-0.1, -0.05) is 41.9 Å². The van der Waals surface area contributed by atoms with E-state index < -0.39 is 365 Å². The molecule has 11 heterocycles. The lowest BCUT2D eigenvalue weighted by molar-refractivity contribution is -0.354. The molecule has 48 heteroatoms. The number of benzene rings is 7. The number of rotatable bonds is 14. The Labute approximate surface area is 786 Å². The van der Waals surface area contributed by atoms with Gasteiger partial charge in [0.1, 0.15) is 168 Å². The van der Waals surface area contributed by atoms with Gasteiger partial charge in [0.25, 0.3) is 0 Å². The van der Waals surface area contributed by atoms with Crippen molar-refractivity contribution in [2.45, 2.75) is 229 Å². The van der Waals surface area contributed by atoms with Crippen LogP contribution in [-0.4, -0.2) is 320 Å². The molecule has 7 aromatic carbocycles. The van der Waals surface area contributed by atoms with Crippen LogP contribution in [0.3, 0.4) is 0 Å². The van der Waals surface area contributed by atoms with Crippen molar-refractivity contribution in [3.05, 3.63) is 165 Å². The maximum Gasteiger partial charge on any atom is 0.333 e. The lowest BCUT2D eigenvalue weighted by atomic mass is 9.89. The van der Waals surface area contributed by atoms with Crippen molar-refractivity contribution >= 4 is 53.0 Å². The average molecular weight is 1950 g/mol. The number of halogens is 1. The van der Waals surface area contributed by atoms with E-state index >= 15 is 24.0 Å². The van der Waals surface area contributed by atoms with Gasteiger partial charge in [-0.3, -0.25) is 28.8 Å². The third-order valence-corrected chi connectivity index (χ3v) is 25.6. The SMILES string of the molecule is COC(=O)C1NC(=O)C2NC(=O)C(NC(=O)C3NC(=O)C4NC(=O)C(Cc5ccc(cc5)Oc5cc3cc(c5OC3O[C@H](CO)[C@@H](O)[C@H](O)[C@H]3OC3O[C@H](C)[C@@H](O)[C@H](O)[C@@H]3O)Oc3ccc(cc3Cl)C2OC2C[C@@H](N)[C@H](O)[C@@H](C)O2)NC(=O)C(N)c2ccc(O)c(c2)Oc2cc4cc(OC3O[C@H](CO)[C@@H](O)[C@H](O)[C@@H]3O)c2C)c2ccc(O)c(c2)-c2c(OC3O[C@H](CO)[C@@H](O)[C@H](O)[C@@H]3O)cc(O)cc21. The van der Waals surface area contributed by atoms with Crippen LogP contribution in [0, 0.1) is 6.92 Å². The highest BCUT2D eigenvalue weighted by molar-refractivity contribution is 6.32. The zero-order chi connectivity index (χ0) is 98.9. The summed E-state index contributed by atoms with van der Waals surface area (Å²) in [6.45, 7) is 0.989. The summed E-state index contributed by atoms with van der Waals surface area (Å²) >= 11 is 7.50. The molecule has 18 rings (SSSR count). The van der Waals surface area contributed by atoms with E-state index in [9.17, 15) is 102 Å². The summed E-state index contributed by atoms with van der Waals surface area (Å²) < 4.78 is 87.6. The normalized spacial score (nSPS) is 34.4. The van der Waals surface area contributed by atoms with Crippen LogP contribution in [0.1, 0.15) is 101 Å². The number of hydrogen-bond acceptors (Lipinski definition) is 41. The minimum atomic E-state index is -2.57. The minimum absolute atomic E-state index is 0.0259. The van der Waals surface area contributed by atoms with Crippen LogP contribution < -0.4 is 71.8 Å². The number of fused-ring (bicyclic) bond motifs is 14. The largest absolute Gasteiger partial charge is 0.508 e. The maximum absolute atomic E-state index is 17.3. The molecule has 32 atom stereocenters. The Balaban J connectivity index is 0.960. The zero-order valence-electron chi connectivity index (χ0n) is 73.1. The van der Waals surface area contributed by atoms with Gasteiger partial charge < -0.3 is 202 Å².